The number of hydrogen-bond donors (Lipinski definition) is 0. The van der Waals surface area contributed by atoms with Crippen LogP contribution in [0.2, 0.25) is 0 Å². The zero-order chi connectivity index (χ0) is 29.9. The summed E-state index contributed by atoms with van der Waals surface area (Å²) in [4.78, 5) is 5.22. The van der Waals surface area contributed by atoms with Crippen molar-refractivity contribution in [1.29, 1.82) is 0 Å². The summed E-state index contributed by atoms with van der Waals surface area (Å²) in [7, 11) is 0. The zero-order valence-corrected chi connectivity index (χ0v) is 24.4. The van der Waals surface area contributed by atoms with Crippen molar-refractivity contribution in [2.45, 2.75) is 0 Å². The molecule has 5 aromatic heterocycles. The Bertz CT molecular complexity index is 3030. The van der Waals surface area contributed by atoms with Gasteiger partial charge in [-0.25, -0.2) is 4.98 Å². The van der Waals surface area contributed by atoms with E-state index in [0.717, 1.165) is 50.1 Å². The second-order valence-electron chi connectivity index (χ2n) is 11.8. The second-order valence-corrected chi connectivity index (χ2v) is 11.8. The van der Waals surface area contributed by atoms with Crippen molar-refractivity contribution in [3.8, 4) is 11.4 Å². The molecule has 0 spiro atoms. The summed E-state index contributed by atoms with van der Waals surface area (Å²) in [6.07, 6.45) is 1.85. The van der Waals surface area contributed by atoms with Gasteiger partial charge in [0.1, 0.15) is 11.1 Å². The van der Waals surface area contributed by atoms with Crippen molar-refractivity contribution >= 4 is 82.2 Å². The van der Waals surface area contributed by atoms with E-state index in [2.05, 4.69) is 124 Å². The van der Waals surface area contributed by atoms with Crippen LogP contribution in [0.5, 0.6) is 0 Å². The quantitative estimate of drug-likeness (QED) is 0.202. The fraction of sp³-hybridized carbons (Fsp3) is 0. The molecule has 0 saturated heterocycles. The van der Waals surface area contributed by atoms with Gasteiger partial charge >= 0.3 is 0 Å². The van der Waals surface area contributed by atoms with E-state index in [1.54, 1.807) is 0 Å². The lowest BCUT2D eigenvalue weighted by Crippen LogP contribution is -2.02. The molecule has 11 rings (SSSR count). The molecule has 0 unspecified atom stereocenters. The Morgan fingerprint density at radius 3 is 1.78 bits per heavy atom. The summed E-state index contributed by atoms with van der Waals surface area (Å²) in [5, 5.41) is 13.1. The average molecular weight is 590 g/mol. The molecule has 11 aromatic rings. The molecule has 0 aliphatic heterocycles. The minimum Gasteiger partial charge on any atom is -0.436 e. The molecule has 6 aromatic carbocycles. The van der Waals surface area contributed by atoms with E-state index < -0.39 is 0 Å². The third-order valence-electron chi connectivity index (χ3n) is 9.50. The molecule has 0 amide bonds. The van der Waals surface area contributed by atoms with Crippen LogP contribution in [0.25, 0.3) is 93.6 Å². The van der Waals surface area contributed by atoms with E-state index in [9.17, 15) is 0 Å². The van der Waals surface area contributed by atoms with Crippen LogP contribution in [-0.4, -0.2) is 23.7 Å². The molecule has 6 heteroatoms. The minimum absolute atomic E-state index is 0.646. The SMILES string of the molecule is c1ccc(-n2c3ccccc3c3c4ccccc4c4c5ccccc5n(-c5ccnn6c5nc5c7ccccc7oc56)c4c32)cc1. The number of imidazole rings is 1. The van der Waals surface area contributed by atoms with Gasteiger partial charge in [0.25, 0.3) is 0 Å². The van der Waals surface area contributed by atoms with Crippen molar-refractivity contribution in [1.82, 2.24) is 23.7 Å². The normalized spacial score (nSPS) is 12.3. The fourth-order valence-corrected chi connectivity index (χ4v) is 7.70. The van der Waals surface area contributed by atoms with Gasteiger partial charge < -0.3 is 13.6 Å². The van der Waals surface area contributed by atoms with Crippen LogP contribution in [-0.2, 0) is 0 Å². The van der Waals surface area contributed by atoms with E-state index in [4.69, 9.17) is 14.5 Å². The Hall–Kier alpha value is -6.40. The Balaban J connectivity index is 1.43. The molecule has 0 aliphatic carbocycles. The highest BCUT2D eigenvalue weighted by Crippen LogP contribution is 2.47. The first kappa shape index (κ1) is 24.0. The lowest BCUT2D eigenvalue weighted by atomic mass is 9.98. The molecule has 0 bridgehead atoms. The highest BCUT2D eigenvalue weighted by Gasteiger charge is 2.26. The number of fused-ring (bicyclic) bond motifs is 15. The van der Waals surface area contributed by atoms with Crippen LogP contribution in [0.1, 0.15) is 0 Å². The van der Waals surface area contributed by atoms with Gasteiger partial charge in [0.15, 0.2) is 5.65 Å². The number of furan rings is 1. The number of hydrogen-bond acceptors (Lipinski definition) is 3. The van der Waals surface area contributed by atoms with Crippen LogP contribution >= 0.6 is 0 Å². The molecule has 5 heterocycles. The molecule has 0 saturated carbocycles. The molecule has 0 N–H and O–H groups in total. The predicted molar refractivity (Wildman–Crippen MR) is 186 cm³/mol. The van der Waals surface area contributed by atoms with Crippen LogP contribution in [0.3, 0.4) is 0 Å². The van der Waals surface area contributed by atoms with Crippen LogP contribution in [0, 0.1) is 0 Å². The van der Waals surface area contributed by atoms with Crippen molar-refractivity contribution in [2.75, 3.05) is 0 Å². The topological polar surface area (TPSA) is 53.2 Å². The van der Waals surface area contributed by atoms with Gasteiger partial charge in [-0.3, -0.25) is 0 Å². The fourth-order valence-electron chi connectivity index (χ4n) is 7.70. The van der Waals surface area contributed by atoms with E-state index in [1.165, 1.54) is 37.8 Å². The van der Waals surface area contributed by atoms with Crippen LogP contribution < -0.4 is 0 Å². The molecule has 0 atom stereocenters. The summed E-state index contributed by atoms with van der Waals surface area (Å²) < 4.78 is 13.0. The van der Waals surface area contributed by atoms with Gasteiger partial charge in [-0.05, 0) is 53.2 Å². The largest absolute Gasteiger partial charge is 0.436 e. The van der Waals surface area contributed by atoms with Crippen molar-refractivity contribution < 1.29 is 4.42 Å². The van der Waals surface area contributed by atoms with Gasteiger partial charge in [0.05, 0.1) is 34.0 Å². The first-order chi connectivity index (χ1) is 22.9. The highest BCUT2D eigenvalue weighted by atomic mass is 16.3. The highest BCUT2D eigenvalue weighted by molar-refractivity contribution is 6.36. The number of nitrogens with zero attached hydrogens (tertiary/aromatic N) is 5. The Morgan fingerprint density at radius 1 is 0.500 bits per heavy atom. The smallest absolute Gasteiger partial charge is 0.249 e. The maximum Gasteiger partial charge on any atom is 0.249 e. The maximum absolute atomic E-state index is 6.32. The van der Waals surface area contributed by atoms with E-state index in [-0.39, 0.29) is 0 Å². The summed E-state index contributed by atoms with van der Waals surface area (Å²) in [6.45, 7) is 0. The van der Waals surface area contributed by atoms with Gasteiger partial charge in [-0.15, -0.1) is 0 Å². The van der Waals surface area contributed by atoms with E-state index in [0.29, 0.717) is 5.71 Å². The third kappa shape index (κ3) is 2.91. The van der Waals surface area contributed by atoms with Crippen molar-refractivity contribution in [3.63, 3.8) is 0 Å². The molecular weight excluding hydrogens is 566 g/mol. The lowest BCUT2D eigenvalue weighted by Gasteiger charge is -2.14. The van der Waals surface area contributed by atoms with Gasteiger partial charge in [0.2, 0.25) is 5.71 Å². The molecular formula is C40H23N5O. The number of aromatic nitrogens is 5. The molecule has 0 radical (unpaired) electrons. The van der Waals surface area contributed by atoms with Crippen LogP contribution in [0.15, 0.2) is 144 Å². The predicted octanol–water partition coefficient (Wildman–Crippen LogP) is 9.98. The molecule has 46 heavy (non-hydrogen) atoms. The Labute approximate surface area is 260 Å². The van der Waals surface area contributed by atoms with E-state index >= 15 is 0 Å². The first-order valence-electron chi connectivity index (χ1n) is 15.4. The average Bonchev–Trinajstić information content (AvgIpc) is 3.85. The van der Waals surface area contributed by atoms with Gasteiger partial charge in [-0.2, -0.15) is 9.61 Å². The number of para-hydroxylation sites is 4. The second kappa shape index (κ2) is 8.61. The third-order valence-corrected chi connectivity index (χ3v) is 9.50. The molecule has 214 valence electrons. The summed E-state index contributed by atoms with van der Waals surface area (Å²) >= 11 is 0. The Morgan fingerprint density at radius 2 is 1.07 bits per heavy atom. The monoisotopic (exact) mass is 589 g/mol. The maximum atomic E-state index is 6.32. The molecule has 0 aliphatic rings. The van der Waals surface area contributed by atoms with Crippen molar-refractivity contribution in [2.24, 2.45) is 0 Å². The van der Waals surface area contributed by atoms with Crippen LogP contribution in [0.4, 0.5) is 0 Å². The zero-order valence-electron chi connectivity index (χ0n) is 24.4. The molecule has 0 fully saturated rings. The first-order valence-corrected chi connectivity index (χ1v) is 15.4. The van der Waals surface area contributed by atoms with Crippen molar-refractivity contribution in [3.05, 3.63) is 140 Å². The number of rotatable bonds is 2. The summed E-state index contributed by atoms with van der Waals surface area (Å²) in [5.74, 6) is 0. The Kier molecular flexibility index (Phi) is 4.49. The lowest BCUT2D eigenvalue weighted by molar-refractivity contribution is 0.637. The minimum atomic E-state index is 0.646. The van der Waals surface area contributed by atoms with E-state index in [1.807, 2.05) is 28.9 Å². The summed E-state index contributed by atoms with van der Waals surface area (Å²) in [5.41, 5.74) is 9.64. The standard InChI is InChI=1S/C40H23N5O/c1-2-12-24(13-3-1)43-30-19-9-6-16-27(30)34-25-14-4-5-15-26(25)35-28-17-7-10-20-31(28)44(38(35)37(34)43)32-22-23-41-45-39(32)42-36-29-18-8-11-21-33(29)46-40(36)45/h1-23H. The number of benzene rings is 6. The summed E-state index contributed by atoms with van der Waals surface area (Å²) in [6, 6.07) is 47.1. The van der Waals surface area contributed by atoms with Gasteiger partial charge in [0, 0.05) is 32.6 Å². The van der Waals surface area contributed by atoms with Gasteiger partial charge in [-0.1, -0.05) is 91.0 Å². The molecule has 6 nitrogen and oxygen atoms in total.